The van der Waals surface area contributed by atoms with E-state index >= 15 is 0 Å². The SMILES string of the molecule is CCC1(CNC(=O)[C@H]2CCN2)CCCC1. The Bertz CT molecular complexity index is 230. The molecule has 0 unspecified atom stereocenters. The Morgan fingerprint density at radius 2 is 2.13 bits per heavy atom. The highest BCUT2D eigenvalue weighted by Crippen LogP contribution is 2.40. The molecule has 3 heteroatoms. The topological polar surface area (TPSA) is 41.1 Å². The Morgan fingerprint density at radius 1 is 1.47 bits per heavy atom. The molecule has 15 heavy (non-hydrogen) atoms. The number of rotatable bonds is 4. The minimum Gasteiger partial charge on any atom is -0.354 e. The molecule has 86 valence electrons. The summed E-state index contributed by atoms with van der Waals surface area (Å²) in [5.74, 6) is 0.209. The second-order valence-corrected chi connectivity index (χ2v) is 5.07. The van der Waals surface area contributed by atoms with Gasteiger partial charge in [0.15, 0.2) is 0 Å². The van der Waals surface area contributed by atoms with Crippen molar-refractivity contribution in [1.82, 2.24) is 10.6 Å². The highest BCUT2D eigenvalue weighted by atomic mass is 16.2. The van der Waals surface area contributed by atoms with Crippen LogP contribution in [0.5, 0.6) is 0 Å². The van der Waals surface area contributed by atoms with E-state index in [0.29, 0.717) is 5.41 Å². The van der Waals surface area contributed by atoms with E-state index in [0.717, 1.165) is 19.5 Å². The molecule has 0 spiro atoms. The van der Waals surface area contributed by atoms with Crippen LogP contribution in [0.25, 0.3) is 0 Å². The third kappa shape index (κ3) is 2.33. The molecule has 1 amide bonds. The Morgan fingerprint density at radius 3 is 2.60 bits per heavy atom. The number of hydrogen-bond acceptors (Lipinski definition) is 2. The standard InChI is InChI=1S/C12H22N2O/c1-2-12(6-3-4-7-12)9-14-11(15)10-5-8-13-10/h10,13H,2-9H2,1H3,(H,14,15)/t10-/m1/s1. The summed E-state index contributed by atoms with van der Waals surface area (Å²) < 4.78 is 0. The van der Waals surface area contributed by atoms with E-state index in [1.165, 1.54) is 32.1 Å². The molecule has 1 heterocycles. The molecule has 2 rings (SSSR count). The Balaban J connectivity index is 1.77. The first-order chi connectivity index (χ1) is 7.26. The smallest absolute Gasteiger partial charge is 0.237 e. The van der Waals surface area contributed by atoms with Crippen LogP contribution >= 0.6 is 0 Å². The van der Waals surface area contributed by atoms with Gasteiger partial charge in [-0.25, -0.2) is 0 Å². The Hall–Kier alpha value is -0.570. The Kier molecular flexibility index (Phi) is 3.29. The van der Waals surface area contributed by atoms with Gasteiger partial charge in [-0.15, -0.1) is 0 Å². The maximum atomic E-state index is 11.7. The van der Waals surface area contributed by atoms with Gasteiger partial charge in [0, 0.05) is 6.54 Å². The molecule has 2 fully saturated rings. The van der Waals surface area contributed by atoms with Crippen molar-refractivity contribution < 1.29 is 4.79 Å². The van der Waals surface area contributed by atoms with E-state index < -0.39 is 0 Å². The number of hydrogen-bond donors (Lipinski definition) is 2. The van der Waals surface area contributed by atoms with Crippen molar-refractivity contribution in [2.24, 2.45) is 5.41 Å². The predicted molar refractivity (Wildman–Crippen MR) is 60.6 cm³/mol. The highest BCUT2D eigenvalue weighted by Gasteiger charge is 2.33. The lowest BCUT2D eigenvalue weighted by Gasteiger charge is -2.31. The molecule has 0 aromatic rings. The zero-order valence-electron chi connectivity index (χ0n) is 9.64. The summed E-state index contributed by atoms with van der Waals surface area (Å²) >= 11 is 0. The number of carbonyl (C=O) groups excluding carboxylic acids is 1. The normalized spacial score (nSPS) is 28.5. The van der Waals surface area contributed by atoms with E-state index in [1.807, 2.05) is 0 Å². The van der Waals surface area contributed by atoms with Crippen molar-refractivity contribution in [2.75, 3.05) is 13.1 Å². The molecule has 0 bridgehead atoms. The zero-order chi connectivity index (χ0) is 10.7. The number of carbonyl (C=O) groups is 1. The van der Waals surface area contributed by atoms with Crippen molar-refractivity contribution in [3.63, 3.8) is 0 Å². The van der Waals surface area contributed by atoms with Gasteiger partial charge < -0.3 is 10.6 Å². The molecule has 0 aromatic carbocycles. The second-order valence-electron chi connectivity index (χ2n) is 5.07. The fourth-order valence-electron chi connectivity index (χ4n) is 2.69. The van der Waals surface area contributed by atoms with Gasteiger partial charge in [-0.05, 0) is 37.6 Å². The minimum absolute atomic E-state index is 0.0975. The van der Waals surface area contributed by atoms with Crippen LogP contribution in [0.4, 0.5) is 0 Å². The van der Waals surface area contributed by atoms with Crippen LogP contribution in [0.15, 0.2) is 0 Å². The fourth-order valence-corrected chi connectivity index (χ4v) is 2.69. The molecule has 1 aliphatic heterocycles. The molecule has 0 aromatic heterocycles. The van der Waals surface area contributed by atoms with Crippen molar-refractivity contribution in [1.29, 1.82) is 0 Å². The molecule has 2 N–H and O–H groups in total. The van der Waals surface area contributed by atoms with Crippen molar-refractivity contribution in [3.05, 3.63) is 0 Å². The first kappa shape index (κ1) is 10.9. The minimum atomic E-state index is 0.0975. The lowest BCUT2D eigenvalue weighted by Crippen LogP contribution is -2.54. The monoisotopic (exact) mass is 210 g/mol. The summed E-state index contributed by atoms with van der Waals surface area (Å²) in [7, 11) is 0. The number of amides is 1. The maximum Gasteiger partial charge on any atom is 0.237 e. The van der Waals surface area contributed by atoms with Crippen LogP contribution in [0, 0.1) is 5.41 Å². The lowest BCUT2D eigenvalue weighted by molar-refractivity contribution is -0.125. The second kappa shape index (κ2) is 4.52. The van der Waals surface area contributed by atoms with Crippen LogP contribution < -0.4 is 10.6 Å². The van der Waals surface area contributed by atoms with Gasteiger partial charge in [-0.3, -0.25) is 4.79 Å². The summed E-state index contributed by atoms with van der Waals surface area (Å²) in [6.07, 6.45) is 7.47. The maximum absolute atomic E-state index is 11.7. The molecule has 1 saturated carbocycles. The summed E-state index contributed by atoms with van der Waals surface area (Å²) in [6, 6.07) is 0.0975. The van der Waals surface area contributed by atoms with Crippen LogP contribution in [0.1, 0.15) is 45.4 Å². The van der Waals surface area contributed by atoms with E-state index in [4.69, 9.17) is 0 Å². The van der Waals surface area contributed by atoms with Crippen molar-refractivity contribution in [3.8, 4) is 0 Å². The van der Waals surface area contributed by atoms with Gasteiger partial charge in [0.25, 0.3) is 0 Å². The van der Waals surface area contributed by atoms with Gasteiger partial charge in [-0.2, -0.15) is 0 Å². The molecular formula is C12H22N2O. The quantitative estimate of drug-likeness (QED) is 0.737. The van der Waals surface area contributed by atoms with E-state index in [-0.39, 0.29) is 11.9 Å². The van der Waals surface area contributed by atoms with E-state index in [9.17, 15) is 4.79 Å². The predicted octanol–water partition coefficient (Wildman–Crippen LogP) is 1.43. The summed E-state index contributed by atoms with van der Waals surface area (Å²) in [6.45, 7) is 4.14. The molecular weight excluding hydrogens is 188 g/mol. The highest BCUT2D eigenvalue weighted by molar-refractivity contribution is 5.82. The van der Waals surface area contributed by atoms with Gasteiger partial charge in [-0.1, -0.05) is 19.8 Å². The van der Waals surface area contributed by atoms with Gasteiger partial charge >= 0.3 is 0 Å². The van der Waals surface area contributed by atoms with Crippen LogP contribution in [0.3, 0.4) is 0 Å². The van der Waals surface area contributed by atoms with Gasteiger partial charge in [0.2, 0.25) is 5.91 Å². The fraction of sp³-hybridized carbons (Fsp3) is 0.917. The first-order valence-electron chi connectivity index (χ1n) is 6.27. The molecule has 1 aliphatic carbocycles. The average molecular weight is 210 g/mol. The average Bonchev–Trinajstić information content (AvgIpc) is 2.61. The van der Waals surface area contributed by atoms with Gasteiger partial charge in [0.05, 0.1) is 6.04 Å². The summed E-state index contributed by atoms with van der Waals surface area (Å²) in [4.78, 5) is 11.7. The van der Waals surface area contributed by atoms with Crippen molar-refractivity contribution >= 4 is 5.91 Å². The lowest BCUT2D eigenvalue weighted by atomic mass is 9.83. The van der Waals surface area contributed by atoms with E-state index in [1.54, 1.807) is 0 Å². The molecule has 1 atom stereocenters. The van der Waals surface area contributed by atoms with Crippen LogP contribution in [-0.4, -0.2) is 25.0 Å². The molecule has 0 radical (unpaired) electrons. The summed E-state index contributed by atoms with van der Waals surface area (Å²) in [5.41, 5.74) is 0.416. The van der Waals surface area contributed by atoms with E-state index in [2.05, 4.69) is 17.6 Å². The third-order valence-corrected chi connectivity index (χ3v) is 4.19. The van der Waals surface area contributed by atoms with Crippen molar-refractivity contribution in [2.45, 2.75) is 51.5 Å². The molecule has 3 nitrogen and oxygen atoms in total. The third-order valence-electron chi connectivity index (χ3n) is 4.19. The summed E-state index contributed by atoms with van der Waals surface area (Å²) in [5, 5.41) is 6.26. The molecule has 1 saturated heterocycles. The van der Waals surface area contributed by atoms with Gasteiger partial charge in [0.1, 0.15) is 0 Å². The molecule has 2 aliphatic rings. The Labute approximate surface area is 92.0 Å². The van der Waals surface area contributed by atoms with Crippen LogP contribution in [-0.2, 0) is 4.79 Å². The largest absolute Gasteiger partial charge is 0.354 e. The van der Waals surface area contributed by atoms with Crippen LogP contribution in [0.2, 0.25) is 0 Å². The number of nitrogens with one attached hydrogen (secondary N) is 2. The first-order valence-corrected chi connectivity index (χ1v) is 6.27. The zero-order valence-corrected chi connectivity index (χ0v) is 9.64.